The Kier molecular flexibility index (Phi) is 5.70. The molecular formula is C15H26ClNO3. The molecular weight excluding hydrogens is 278 g/mol. The first-order valence-electron chi connectivity index (χ1n) is 7.63. The highest BCUT2D eigenvalue weighted by molar-refractivity contribution is 6.18. The molecule has 2 aliphatic heterocycles. The first kappa shape index (κ1) is 16.1. The van der Waals surface area contributed by atoms with Crippen molar-refractivity contribution in [3.05, 3.63) is 0 Å². The third kappa shape index (κ3) is 4.61. The monoisotopic (exact) mass is 303 g/mol. The summed E-state index contributed by atoms with van der Waals surface area (Å²) in [5.74, 6) is 0.629. The maximum Gasteiger partial charge on any atom is 0.222 e. The number of carbonyl (C=O) groups is 1. The summed E-state index contributed by atoms with van der Waals surface area (Å²) < 4.78 is 11.5. The molecule has 0 aromatic carbocycles. The Labute approximate surface area is 126 Å². The second-order valence-corrected chi connectivity index (χ2v) is 6.76. The van der Waals surface area contributed by atoms with Crippen LogP contribution in [0.2, 0.25) is 0 Å². The number of alkyl halides is 1. The summed E-state index contributed by atoms with van der Waals surface area (Å²) in [4.78, 5) is 14.3. The fraction of sp³-hybridized carbons (Fsp3) is 0.933. The Morgan fingerprint density at radius 2 is 2.15 bits per heavy atom. The molecule has 0 radical (unpaired) electrons. The van der Waals surface area contributed by atoms with Gasteiger partial charge >= 0.3 is 0 Å². The van der Waals surface area contributed by atoms with Gasteiger partial charge in [-0.3, -0.25) is 4.79 Å². The number of morpholine rings is 1. The zero-order valence-corrected chi connectivity index (χ0v) is 13.3. The van der Waals surface area contributed by atoms with Crippen LogP contribution in [0.25, 0.3) is 0 Å². The van der Waals surface area contributed by atoms with Gasteiger partial charge in [0, 0.05) is 26.1 Å². The molecule has 2 rings (SSSR count). The molecule has 2 saturated heterocycles. The Morgan fingerprint density at radius 3 is 2.80 bits per heavy atom. The van der Waals surface area contributed by atoms with Crippen molar-refractivity contribution in [1.29, 1.82) is 0 Å². The van der Waals surface area contributed by atoms with E-state index in [0.717, 1.165) is 25.9 Å². The summed E-state index contributed by atoms with van der Waals surface area (Å²) in [5.41, 5.74) is -0.311. The molecule has 2 fully saturated rings. The van der Waals surface area contributed by atoms with E-state index >= 15 is 0 Å². The highest BCUT2D eigenvalue weighted by atomic mass is 35.5. The fourth-order valence-corrected chi connectivity index (χ4v) is 3.20. The van der Waals surface area contributed by atoms with E-state index in [-0.39, 0.29) is 23.7 Å². The van der Waals surface area contributed by atoms with Crippen LogP contribution in [0.4, 0.5) is 0 Å². The molecule has 0 aromatic rings. The van der Waals surface area contributed by atoms with E-state index in [0.29, 0.717) is 25.4 Å². The van der Waals surface area contributed by atoms with Crippen LogP contribution in [0.1, 0.15) is 46.0 Å². The van der Waals surface area contributed by atoms with Crippen LogP contribution in [0.3, 0.4) is 0 Å². The predicted molar refractivity (Wildman–Crippen MR) is 79.1 cm³/mol. The van der Waals surface area contributed by atoms with Crippen molar-refractivity contribution in [2.45, 2.75) is 63.8 Å². The molecule has 0 N–H and O–H groups in total. The second kappa shape index (κ2) is 7.10. The Balaban J connectivity index is 1.81. The Bertz CT molecular complexity index is 329. The minimum Gasteiger partial charge on any atom is -0.378 e. The van der Waals surface area contributed by atoms with Gasteiger partial charge in [-0.25, -0.2) is 0 Å². The van der Waals surface area contributed by atoms with Crippen molar-refractivity contribution in [2.24, 2.45) is 0 Å². The third-order valence-electron chi connectivity index (χ3n) is 3.96. The van der Waals surface area contributed by atoms with E-state index in [1.165, 1.54) is 6.42 Å². The lowest BCUT2D eigenvalue weighted by Gasteiger charge is -2.42. The maximum atomic E-state index is 12.4. The molecule has 0 bridgehead atoms. The van der Waals surface area contributed by atoms with Crippen LogP contribution in [0.5, 0.6) is 0 Å². The van der Waals surface area contributed by atoms with E-state index in [1.54, 1.807) is 0 Å². The lowest BCUT2D eigenvalue weighted by atomic mass is 10.0. The average molecular weight is 304 g/mol. The average Bonchev–Trinajstić information content (AvgIpc) is 2.44. The Morgan fingerprint density at radius 1 is 1.35 bits per heavy atom. The molecule has 2 unspecified atom stereocenters. The standard InChI is InChI=1S/C15H26ClNO3/c1-15(2)11-17(10-13(9-16)20-15)14(18)7-6-12-5-3-4-8-19-12/h12-13H,3-11H2,1-2H3. The van der Waals surface area contributed by atoms with Crippen molar-refractivity contribution < 1.29 is 14.3 Å². The zero-order valence-electron chi connectivity index (χ0n) is 12.6. The third-order valence-corrected chi connectivity index (χ3v) is 4.30. The first-order chi connectivity index (χ1) is 9.50. The fourth-order valence-electron chi connectivity index (χ4n) is 3.04. The number of ether oxygens (including phenoxy) is 2. The van der Waals surface area contributed by atoms with Crippen LogP contribution in [0, 0.1) is 0 Å². The minimum atomic E-state index is -0.311. The number of rotatable bonds is 4. The molecule has 2 heterocycles. The molecule has 116 valence electrons. The summed E-state index contributed by atoms with van der Waals surface area (Å²) in [5, 5.41) is 0. The van der Waals surface area contributed by atoms with Gasteiger partial charge in [-0.1, -0.05) is 0 Å². The number of amides is 1. The van der Waals surface area contributed by atoms with E-state index in [4.69, 9.17) is 21.1 Å². The molecule has 0 saturated carbocycles. The summed E-state index contributed by atoms with van der Waals surface area (Å²) >= 11 is 5.89. The highest BCUT2D eigenvalue weighted by Crippen LogP contribution is 2.23. The lowest BCUT2D eigenvalue weighted by Crippen LogP contribution is -2.55. The van der Waals surface area contributed by atoms with Gasteiger partial charge < -0.3 is 14.4 Å². The largest absolute Gasteiger partial charge is 0.378 e. The number of nitrogens with zero attached hydrogens (tertiary/aromatic N) is 1. The minimum absolute atomic E-state index is 0.0599. The van der Waals surface area contributed by atoms with Crippen LogP contribution < -0.4 is 0 Å². The van der Waals surface area contributed by atoms with Crippen molar-refractivity contribution in [3.63, 3.8) is 0 Å². The normalized spacial score (nSPS) is 30.2. The van der Waals surface area contributed by atoms with Gasteiger partial charge in [0.2, 0.25) is 5.91 Å². The van der Waals surface area contributed by atoms with Gasteiger partial charge in [0.05, 0.1) is 23.7 Å². The van der Waals surface area contributed by atoms with Gasteiger partial charge in [-0.15, -0.1) is 11.6 Å². The number of carbonyl (C=O) groups excluding carboxylic acids is 1. The van der Waals surface area contributed by atoms with E-state index < -0.39 is 0 Å². The SMILES string of the molecule is CC1(C)CN(C(=O)CCC2CCCCO2)CC(CCl)O1. The topological polar surface area (TPSA) is 38.8 Å². The van der Waals surface area contributed by atoms with Crippen molar-refractivity contribution >= 4 is 17.5 Å². The van der Waals surface area contributed by atoms with Crippen molar-refractivity contribution in [1.82, 2.24) is 4.90 Å². The van der Waals surface area contributed by atoms with Crippen LogP contribution in [-0.2, 0) is 14.3 Å². The second-order valence-electron chi connectivity index (χ2n) is 6.46. The number of hydrogen-bond acceptors (Lipinski definition) is 3. The molecule has 2 atom stereocenters. The molecule has 0 aliphatic carbocycles. The molecule has 4 nitrogen and oxygen atoms in total. The van der Waals surface area contributed by atoms with E-state index in [9.17, 15) is 4.79 Å². The summed E-state index contributed by atoms with van der Waals surface area (Å²) in [6, 6.07) is 0. The quantitative estimate of drug-likeness (QED) is 0.749. The predicted octanol–water partition coefficient (Wildman–Crippen LogP) is 2.58. The highest BCUT2D eigenvalue weighted by Gasteiger charge is 2.35. The molecule has 20 heavy (non-hydrogen) atoms. The molecule has 0 aromatic heterocycles. The smallest absolute Gasteiger partial charge is 0.222 e. The van der Waals surface area contributed by atoms with Crippen LogP contribution in [-0.4, -0.2) is 54.2 Å². The van der Waals surface area contributed by atoms with Gasteiger partial charge in [0.25, 0.3) is 0 Å². The molecule has 5 heteroatoms. The van der Waals surface area contributed by atoms with Gasteiger partial charge in [0.1, 0.15) is 0 Å². The number of halogens is 1. The number of hydrogen-bond donors (Lipinski definition) is 0. The van der Waals surface area contributed by atoms with Crippen molar-refractivity contribution in [2.75, 3.05) is 25.6 Å². The first-order valence-corrected chi connectivity index (χ1v) is 8.17. The van der Waals surface area contributed by atoms with Gasteiger partial charge in [-0.2, -0.15) is 0 Å². The molecule has 1 amide bonds. The molecule has 0 spiro atoms. The van der Waals surface area contributed by atoms with Crippen LogP contribution in [0.15, 0.2) is 0 Å². The van der Waals surface area contributed by atoms with E-state index in [1.807, 2.05) is 18.7 Å². The van der Waals surface area contributed by atoms with Gasteiger partial charge in [-0.05, 0) is 39.5 Å². The summed E-state index contributed by atoms with van der Waals surface area (Å²) in [6.45, 7) is 6.12. The summed E-state index contributed by atoms with van der Waals surface area (Å²) in [7, 11) is 0. The van der Waals surface area contributed by atoms with Crippen LogP contribution >= 0.6 is 11.6 Å². The Hall–Kier alpha value is -0.320. The maximum absolute atomic E-state index is 12.4. The van der Waals surface area contributed by atoms with Crippen molar-refractivity contribution in [3.8, 4) is 0 Å². The van der Waals surface area contributed by atoms with Gasteiger partial charge in [0.15, 0.2) is 0 Å². The van der Waals surface area contributed by atoms with E-state index in [2.05, 4.69) is 0 Å². The summed E-state index contributed by atoms with van der Waals surface area (Å²) in [6.07, 6.45) is 5.07. The zero-order chi connectivity index (χ0) is 14.6. The molecule has 2 aliphatic rings. The lowest BCUT2D eigenvalue weighted by molar-refractivity contribution is -0.158.